The Morgan fingerprint density at radius 2 is 1.61 bits per heavy atom. The van der Waals surface area contributed by atoms with Gasteiger partial charge in [-0.2, -0.15) is 0 Å². The van der Waals surface area contributed by atoms with Gasteiger partial charge in [-0.25, -0.2) is 0 Å². The predicted octanol–water partition coefficient (Wildman–Crippen LogP) is 6.16. The van der Waals surface area contributed by atoms with Gasteiger partial charge in [-0.1, -0.05) is 61.3 Å². The molecule has 5 unspecified atom stereocenters. The molecule has 18 heavy (non-hydrogen) atoms. The van der Waals surface area contributed by atoms with Gasteiger partial charge in [0, 0.05) is 0 Å². The van der Waals surface area contributed by atoms with E-state index in [2.05, 4.69) is 48.5 Å². The van der Waals surface area contributed by atoms with E-state index in [1.54, 1.807) is 0 Å². The van der Waals surface area contributed by atoms with E-state index >= 15 is 0 Å². The topological polar surface area (TPSA) is 0 Å². The maximum Gasteiger partial charge on any atom is -0.0326 e. The predicted molar refractivity (Wildman–Crippen MR) is 82.7 cm³/mol. The van der Waals surface area contributed by atoms with Crippen molar-refractivity contribution >= 4 is 0 Å². The van der Waals surface area contributed by atoms with E-state index < -0.39 is 0 Å². The lowest BCUT2D eigenvalue weighted by atomic mass is 9.70. The summed E-state index contributed by atoms with van der Waals surface area (Å²) in [4.78, 5) is 0. The Bertz CT molecular complexity index is 240. The van der Waals surface area contributed by atoms with E-state index in [9.17, 15) is 0 Å². The molecule has 0 radical (unpaired) electrons. The van der Waals surface area contributed by atoms with Gasteiger partial charge in [0.15, 0.2) is 0 Å². The number of hydrogen-bond acceptors (Lipinski definition) is 0. The molecular weight excluding hydrogens is 216 g/mol. The lowest BCUT2D eigenvalue weighted by Crippen LogP contribution is -2.25. The molecule has 0 nitrogen and oxygen atoms in total. The zero-order valence-electron chi connectivity index (χ0n) is 13.9. The van der Waals surface area contributed by atoms with Crippen LogP contribution in [0.2, 0.25) is 0 Å². The number of hydrogen-bond donors (Lipinski definition) is 0. The minimum Gasteiger partial charge on any atom is -0.0651 e. The van der Waals surface area contributed by atoms with Crippen molar-refractivity contribution in [3.8, 4) is 0 Å². The van der Waals surface area contributed by atoms with Crippen LogP contribution in [0, 0.1) is 35.0 Å². The zero-order valence-corrected chi connectivity index (χ0v) is 13.9. The highest BCUT2D eigenvalue weighted by Gasteiger charge is 2.41. The first-order valence-electron chi connectivity index (χ1n) is 8.31. The van der Waals surface area contributed by atoms with Crippen molar-refractivity contribution < 1.29 is 0 Å². The van der Waals surface area contributed by atoms with Crippen LogP contribution in [0.5, 0.6) is 0 Å². The molecule has 0 N–H and O–H groups in total. The molecule has 1 saturated carbocycles. The Labute approximate surface area is 116 Å². The van der Waals surface area contributed by atoms with Gasteiger partial charge in [0.1, 0.15) is 0 Å². The quantitative estimate of drug-likeness (QED) is 0.485. The fourth-order valence-electron chi connectivity index (χ4n) is 3.45. The molecule has 0 spiro atoms. The molecule has 0 heteroatoms. The second-order valence-corrected chi connectivity index (χ2v) is 7.86. The maximum atomic E-state index is 2.51. The summed E-state index contributed by atoms with van der Waals surface area (Å²) >= 11 is 0. The summed E-state index contributed by atoms with van der Waals surface area (Å²) in [6.07, 6.45) is 7.10. The fraction of sp³-hybridized carbons (Fsp3) is 1.00. The van der Waals surface area contributed by atoms with Crippen molar-refractivity contribution in [1.82, 2.24) is 0 Å². The van der Waals surface area contributed by atoms with E-state index in [-0.39, 0.29) is 0 Å². The summed E-state index contributed by atoms with van der Waals surface area (Å²) < 4.78 is 0. The fourth-order valence-corrected chi connectivity index (χ4v) is 3.45. The third-order valence-electron chi connectivity index (χ3n) is 6.06. The highest BCUT2D eigenvalue weighted by molar-refractivity contribution is 4.91. The van der Waals surface area contributed by atoms with Crippen molar-refractivity contribution in [2.45, 2.75) is 80.6 Å². The van der Waals surface area contributed by atoms with E-state index in [1.165, 1.54) is 32.1 Å². The average molecular weight is 252 g/mol. The lowest BCUT2D eigenvalue weighted by molar-refractivity contribution is 0.152. The Hall–Kier alpha value is 0. The molecule has 0 aromatic carbocycles. The zero-order chi connectivity index (χ0) is 13.9. The Kier molecular flexibility index (Phi) is 5.74. The van der Waals surface area contributed by atoms with Crippen LogP contribution in [-0.2, 0) is 0 Å². The molecule has 5 atom stereocenters. The van der Waals surface area contributed by atoms with Crippen LogP contribution in [0.3, 0.4) is 0 Å². The Morgan fingerprint density at radius 1 is 1.00 bits per heavy atom. The number of rotatable bonds is 8. The van der Waals surface area contributed by atoms with Crippen LogP contribution >= 0.6 is 0 Å². The normalized spacial score (nSPS) is 28.8. The first-order valence-corrected chi connectivity index (χ1v) is 8.31. The highest BCUT2D eigenvalue weighted by Crippen LogP contribution is 2.50. The van der Waals surface area contributed by atoms with Gasteiger partial charge < -0.3 is 0 Å². The van der Waals surface area contributed by atoms with Crippen molar-refractivity contribution in [1.29, 1.82) is 0 Å². The van der Waals surface area contributed by atoms with E-state index in [1.807, 2.05) is 0 Å². The average Bonchev–Trinajstić information content (AvgIpc) is 3.05. The van der Waals surface area contributed by atoms with E-state index in [0.29, 0.717) is 5.41 Å². The highest BCUT2D eigenvalue weighted by atomic mass is 14.5. The van der Waals surface area contributed by atoms with Crippen molar-refractivity contribution in [3.05, 3.63) is 0 Å². The van der Waals surface area contributed by atoms with Gasteiger partial charge in [-0.3, -0.25) is 0 Å². The molecule has 0 amide bonds. The largest absolute Gasteiger partial charge is 0.0651 e. The van der Waals surface area contributed by atoms with E-state index in [0.717, 1.165) is 29.6 Å². The van der Waals surface area contributed by atoms with Crippen LogP contribution < -0.4 is 0 Å². The standard InChI is InChI=1S/C18H36/c1-8-13(3)14(4)10-15(5)18(6,7)12-17-11-16(17)9-2/h13-17H,8-12H2,1-7H3. The van der Waals surface area contributed by atoms with Crippen LogP contribution in [-0.4, -0.2) is 0 Å². The smallest absolute Gasteiger partial charge is 0.0326 e. The third-order valence-corrected chi connectivity index (χ3v) is 6.06. The lowest BCUT2D eigenvalue weighted by Gasteiger charge is -2.35. The summed E-state index contributed by atoms with van der Waals surface area (Å²) in [5, 5.41) is 0. The van der Waals surface area contributed by atoms with Crippen molar-refractivity contribution in [3.63, 3.8) is 0 Å². The summed E-state index contributed by atoms with van der Waals surface area (Å²) in [6, 6.07) is 0. The first-order chi connectivity index (χ1) is 8.31. The first kappa shape index (κ1) is 16.1. The molecule has 1 aliphatic rings. The van der Waals surface area contributed by atoms with Gasteiger partial charge >= 0.3 is 0 Å². The molecule has 0 saturated heterocycles. The molecule has 0 aromatic heterocycles. The molecule has 0 aliphatic heterocycles. The molecule has 1 fully saturated rings. The van der Waals surface area contributed by atoms with Gasteiger partial charge in [-0.15, -0.1) is 0 Å². The summed E-state index contributed by atoms with van der Waals surface area (Å²) in [5.74, 6) is 4.73. The second kappa shape index (κ2) is 6.44. The SMILES string of the molecule is CCC(C)C(C)CC(C)C(C)(C)CC1CC1CC. The van der Waals surface area contributed by atoms with Crippen LogP contribution in [0.15, 0.2) is 0 Å². The molecule has 1 aliphatic carbocycles. The molecule has 0 heterocycles. The Balaban J connectivity index is 2.41. The molecule has 108 valence electrons. The van der Waals surface area contributed by atoms with Crippen LogP contribution in [0.4, 0.5) is 0 Å². The van der Waals surface area contributed by atoms with Gasteiger partial charge in [-0.05, 0) is 54.3 Å². The molecule has 0 aromatic rings. The second-order valence-electron chi connectivity index (χ2n) is 7.86. The maximum absolute atomic E-state index is 2.51. The molecule has 1 rings (SSSR count). The van der Waals surface area contributed by atoms with Crippen molar-refractivity contribution in [2.24, 2.45) is 35.0 Å². The van der Waals surface area contributed by atoms with Crippen LogP contribution in [0.1, 0.15) is 80.6 Å². The van der Waals surface area contributed by atoms with Crippen molar-refractivity contribution in [2.75, 3.05) is 0 Å². The Morgan fingerprint density at radius 3 is 2.06 bits per heavy atom. The monoisotopic (exact) mass is 252 g/mol. The van der Waals surface area contributed by atoms with Gasteiger partial charge in [0.2, 0.25) is 0 Å². The van der Waals surface area contributed by atoms with E-state index in [4.69, 9.17) is 0 Å². The minimum atomic E-state index is 0.538. The molecular formula is C18H36. The van der Waals surface area contributed by atoms with Gasteiger partial charge in [0.05, 0.1) is 0 Å². The third kappa shape index (κ3) is 4.28. The van der Waals surface area contributed by atoms with Gasteiger partial charge in [0.25, 0.3) is 0 Å². The summed E-state index contributed by atoms with van der Waals surface area (Å²) in [5.41, 5.74) is 0.538. The van der Waals surface area contributed by atoms with Crippen LogP contribution in [0.25, 0.3) is 0 Å². The summed E-state index contributed by atoms with van der Waals surface area (Å²) in [6.45, 7) is 17.0. The minimum absolute atomic E-state index is 0.538. The summed E-state index contributed by atoms with van der Waals surface area (Å²) in [7, 11) is 0. The molecule has 0 bridgehead atoms.